The number of hydrogen-bond donors (Lipinski definition) is 2. The molecule has 0 saturated carbocycles. The number of carbonyl (C=O) groups is 1. The minimum absolute atomic E-state index is 0.126. The van der Waals surface area contributed by atoms with Crippen molar-refractivity contribution >= 4 is 17.3 Å². The number of hydrogen-bond acceptors (Lipinski definition) is 3. The van der Waals surface area contributed by atoms with Crippen molar-refractivity contribution in [3.05, 3.63) is 21.9 Å². The van der Waals surface area contributed by atoms with Gasteiger partial charge in [-0.05, 0) is 36.8 Å². The molecular formula is C10H14O3S. The van der Waals surface area contributed by atoms with Crippen LogP contribution in [-0.4, -0.2) is 16.2 Å². The molecule has 1 aromatic heterocycles. The summed E-state index contributed by atoms with van der Waals surface area (Å²) in [6.07, 6.45) is 0.664. The predicted molar refractivity (Wildman–Crippen MR) is 55.5 cm³/mol. The fraction of sp³-hybridized carbons (Fsp3) is 0.500. The van der Waals surface area contributed by atoms with Gasteiger partial charge in [0, 0.05) is 11.3 Å². The average Bonchev–Trinajstić information content (AvgIpc) is 2.50. The molecule has 0 fully saturated rings. The zero-order chi connectivity index (χ0) is 10.6. The molecule has 1 aromatic rings. The van der Waals surface area contributed by atoms with E-state index in [1.807, 2.05) is 18.4 Å². The molecule has 4 heteroatoms. The van der Waals surface area contributed by atoms with Gasteiger partial charge < -0.3 is 10.2 Å². The minimum atomic E-state index is -0.805. The van der Waals surface area contributed by atoms with Gasteiger partial charge in [-0.15, -0.1) is 11.3 Å². The maximum Gasteiger partial charge on any atom is 0.303 e. The molecule has 0 radical (unpaired) electrons. The van der Waals surface area contributed by atoms with Crippen LogP contribution in [0.4, 0.5) is 0 Å². The standard InChI is InChI=1S/C10H14O3S/c1-7-5-6-14-10(7)8(11)3-2-4-9(12)13/h5-6,8,11H,2-4H2,1H3,(H,12,13). The molecule has 14 heavy (non-hydrogen) atoms. The average molecular weight is 214 g/mol. The van der Waals surface area contributed by atoms with Gasteiger partial charge in [-0.1, -0.05) is 0 Å². The van der Waals surface area contributed by atoms with Crippen molar-refractivity contribution in [3.63, 3.8) is 0 Å². The van der Waals surface area contributed by atoms with E-state index < -0.39 is 12.1 Å². The molecule has 0 aliphatic rings. The Hall–Kier alpha value is -0.870. The molecule has 0 bridgehead atoms. The van der Waals surface area contributed by atoms with Crippen LogP contribution in [0.25, 0.3) is 0 Å². The van der Waals surface area contributed by atoms with Crippen LogP contribution in [0.3, 0.4) is 0 Å². The van der Waals surface area contributed by atoms with Gasteiger partial charge in [-0.2, -0.15) is 0 Å². The monoisotopic (exact) mass is 214 g/mol. The summed E-state index contributed by atoms with van der Waals surface area (Å²) < 4.78 is 0. The second-order valence-corrected chi connectivity index (χ2v) is 4.22. The summed E-state index contributed by atoms with van der Waals surface area (Å²) in [7, 11) is 0. The Morgan fingerprint density at radius 2 is 2.36 bits per heavy atom. The zero-order valence-electron chi connectivity index (χ0n) is 8.06. The van der Waals surface area contributed by atoms with Crippen LogP contribution in [0.1, 0.15) is 35.8 Å². The molecular weight excluding hydrogens is 200 g/mol. The van der Waals surface area contributed by atoms with Crippen LogP contribution in [-0.2, 0) is 4.79 Å². The summed E-state index contributed by atoms with van der Waals surface area (Å²) in [5.74, 6) is -0.805. The number of carboxylic acid groups (broad SMARTS) is 1. The summed E-state index contributed by atoms with van der Waals surface area (Å²) in [6.45, 7) is 1.95. The molecule has 1 unspecified atom stereocenters. The van der Waals surface area contributed by atoms with Gasteiger partial charge in [0.2, 0.25) is 0 Å². The lowest BCUT2D eigenvalue weighted by molar-refractivity contribution is -0.137. The van der Waals surface area contributed by atoms with E-state index in [1.54, 1.807) is 0 Å². The highest BCUT2D eigenvalue weighted by atomic mass is 32.1. The third-order valence-corrected chi connectivity index (χ3v) is 3.19. The van der Waals surface area contributed by atoms with Crippen LogP contribution >= 0.6 is 11.3 Å². The van der Waals surface area contributed by atoms with Gasteiger partial charge in [0.1, 0.15) is 0 Å². The number of thiophene rings is 1. The third-order valence-electron chi connectivity index (χ3n) is 2.07. The van der Waals surface area contributed by atoms with Crippen LogP contribution in [0.2, 0.25) is 0 Å². The Balaban J connectivity index is 2.39. The molecule has 1 atom stereocenters. The second kappa shape index (κ2) is 5.12. The van der Waals surface area contributed by atoms with Crippen molar-refractivity contribution in [1.82, 2.24) is 0 Å². The minimum Gasteiger partial charge on any atom is -0.481 e. The summed E-state index contributed by atoms with van der Waals surface area (Å²) in [5.41, 5.74) is 1.08. The van der Waals surface area contributed by atoms with E-state index in [9.17, 15) is 9.90 Å². The van der Waals surface area contributed by atoms with Gasteiger partial charge in [-0.3, -0.25) is 4.79 Å². The smallest absolute Gasteiger partial charge is 0.303 e. The third kappa shape index (κ3) is 3.12. The van der Waals surface area contributed by atoms with Crippen molar-refractivity contribution < 1.29 is 15.0 Å². The molecule has 3 nitrogen and oxygen atoms in total. The molecule has 1 heterocycles. The molecule has 0 spiro atoms. The van der Waals surface area contributed by atoms with E-state index in [4.69, 9.17) is 5.11 Å². The molecule has 0 aliphatic carbocycles. The molecule has 0 amide bonds. The first-order valence-electron chi connectivity index (χ1n) is 4.55. The molecule has 2 N–H and O–H groups in total. The zero-order valence-corrected chi connectivity index (χ0v) is 8.88. The van der Waals surface area contributed by atoms with Crippen molar-refractivity contribution in [1.29, 1.82) is 0 Å². The Morgan fingerprint density at radius 3 is 2.86 bits per heavy atom. The lowest BCUT2D eigenvalue weighted by Gasteiger charge is -2.08. The van der Waals surface area contributed by atoms with Crippen molar-refractivity contribution in [2.75, 3.05) is 0 Å². The number of aliphatic hydroxyl groups excluding tert-OH is 1. The van der Waals surface area contributed by atoms with Gasteiger partial charge >= 0.3 is 5.97 Å². The SMILES string of the molecule is Cc1ccsc1C(O)CCCC(=O)O. The van der Waals surface area contributed by atoms with Crippen molar-refractivity contribution in [3.8, 4) is 0 Å². The van der Waals surface area contributed by atoms with Crippen LogP contribution < -0.4 is 0 Å². The van der Waals surface area contributed by atoms with Crippen molar-refractivity contribution in [2.45, 2.75) is 32.3 Å². The summed E-state index contributed by atoms with van der Waals surface area (Å²) >= 11 is 1.52. The lowest BCUT2D eigenvalue weighted by atomic mass is 10.1. The van der Waals surface area contributed by atoms with E-state index in [1.165, 1.54) is 11.3 Å². The van der Waals surface area contributed by atoms with E-state index in [-0.39, 0.29) is 6.42 Å². The highest BCUT2D eigenvalue weighted by molar-refractivity contribution is 7.10. The predicted octanol–water partition coefficient (Wildman–Crippen LogP) is 2.34. The highest BCUT2D eigenvalue weighted by Crippen LogP contribution is 2.27. The Labute approximate surface area is 87.0 Å². The lowest BCUT2D eigenvalue weighted by Crippen LogP contribution is -1.99. The largest absolute Gasteiger partial charge is 0.481 e. The van der Waals surface area contributed by atoms with Gasteiger partial charge in [0.25, 0.3) is 0 Å². The second-order valence-electron chi connectivity index (χ2n) is 3.27. The quantitative estimate of drug-likeness (QED) is 0.791. The first kappa shape index (κ1) is 11.2. The molecule has 0 saturated heterocycles. The summed E-state index contributed by atoms with van der Waals surface area (Å²) in [5, 5.41) is 20.1. The first-order valence-corrected chi connectivity index (χ1v) is 5.43. The van der Waals surface area contributed by atoms with E-state index in [0.717, 1.165) is 10.4 Å². The number of aliphatic carboxylic acids is 1. The van der Waals surface area contributed by atoms with Crippen LogP contribution in [0.5, 0.6) is 0 Å². The number of rotatable bonds is 5. The van der Waals surface area contributed by atoms with Gasteiger partial charge in [-0.25, -0.2) is 0 Å². The molecule has 78 valence electrons. The van der Waals surface area contributed by atoms with Crippen LogP contribution in [0, 0.1) is 6.92 Å². The molecule has 0 aromatic carbocycles. The fourth-order valence-electron chi connectivity index (χ4n) is 1.30. The normalized spacial score (nSPS) is 12.7. The number of aryl methyl sites for hydroxylation is 1. The van der Waals surface area contributed by atoms with Crippen LogP contribution in [0.15, 0.2) is 11.4 Å². The topological polar surface area (TPSA) is 57.5 Å². The number of carboxylic acids is 1. The summed E-state index contributed by atoms with van der Waals surface area (Å²) in [4.78, 5) is 11.2. The fourth-order valence-corrected chi connectivity index (χ4v) is 2.25. The van der Waals surface area contributed by atoms with Crippen molar-refractivity contribution in [2.24, 2.45) is 0 Å². The Morgan fingerprint density at radius 1 is 1.64 bits per heavy atom. The maximum absolute atomic E-state index is 10.3. The van der Waals surface area contributed by atoms with Gasteiger partial charge in [0.05, 0.1) is 6.10 Å². The Kier molecular flexibility index (Phi) is 4.10. The maximum atomic E-state index is 10.3. The van der Waals surface area contributed by atoms with Gasteiger partial charge in [0.15, 0.2) is 0 Å². The van der Waals surface area contributed by atoms with E-state index in [2.05, 4.69) is 0 Å². The highest BCUT2D eigenvalue weighted by Gasteiger charge is 2.11. The van der Waals surface area contributed by atoms with E-state index in [0.29, 0.717) is 12.8 Å². The van der Waals surface area contributed by atoms with E-state index >= 15 is 0 Å². The molecule has 0 aliphatic heterocycles. The first-order chi connectivity index (χ1) is 6.61. The summed E-state index contributed by atoms with van der Waals surface area (Å²) in [6, 6.07) is 1.96. The molecule has 1 rings (SSSR count). The number of aliphatic hydroxyl groups is 1. The Bertz CT molecular complexity index is 306.